The number of nitrogens with zero attached hydrogens (tertiary/aromatic N) is 1. The molecule has 2 rings (SSSR count). The van der Waals surface area contributed by atoms with Crippen LogP contribution in [-0.4, -0.2) is 40.8 Å². The Morgan fingerprint density at radius 2 is 2.00 bits per heavy atom. The van der Waals surface area contributed by atoms with Crippen LogP contribution in [0.3, 0.4) is 0 Å². The van der Waals surface area contributed by atoms with E-state index in [0.717, 1.165) is 24.8 Å². The van der Waals surface area contributed by atoms with Crippen LogP contribution < -0.4 is 0 Å². The van der Waals surface area contributed by atoms with Gasteiger partial charge in [0.2, 0.25) is 0 Å². The maximum Gasteiger partial charge on any atom is 0.410 e. The number of carboxylic acids is 1. The van der Waals surface area contributed by atoms with Gasteiger partial charge in [0.1, 0.15) is 5.60 Å². The molecule has 1 saturated heterocycles. The Balaban J connectivity index is 2.15. The van der Waals surface area contributed by atoms with E-state index >= 15 is 0 Å². The summed E-state index contributed by atoms with van der Waals surface area (Å²) < 4.78 is 5.47. The molecule has 1 aromatic rings. The molecule has 5 nitrogen and oxygen atoms in total. The molecule has 1 N–H and O–H groups in total. The van der Waals surface area contributed by atoms with Crippen LogP contribution in [0.1, 0.15) is 61.9 Å². The second-order valence-corrected chi connectivity index (χ2v) is 7.05. The first kappa shape index (κ1) is 17.3. The minimum atomic E-state index is -0.926. The molecule has 1 amide bonds. The van der Waals surface area contributed by atoms with Crippen molar-refractivity contribution in [2.24, 2.45) is 0 Å². The summed E-state index contributed by atoms with van der Waals surface area (Å²) in [6.07, 6.45) is 2.61. The van der Waals surface area contributed by atoms with Gasteiger partial charge in [-0.05, 0) is 51.3 Å². The maximum absolute atomic E-state index is 12.3. The largest absolute Gasteiger partial charge is 0.478 e. The van der Waals surface area contributed by atoms with E-state index in [1.165, 1.54) is 0 Å². The van der Waals surface area contributed by atoms with Crippen LogP contribution in [0, 0.1) is 0 Å². The lowest BCUT2D eigenvalue weighted by atomic mass is 9.93. The summed E-state index contributed by atoms with van der Waals surface area (Å²) in [7, 11) is 0. The predicted octanol–water partition coefficient (Wildman–Crippen LogP) is 3.89. The summed E-state index contributed by atoms with van der Waals surface area (Å²) in [5, 5.41) is 9.15. The zero-order valence-electron chi connectivity index (χ0n) is 14.0. The number of amides is 1. The zero-order valence-corrected chi connectivity index (χ0v) is 14.0. The molecule has 0 spiro atoms. The molecule has 0 bridgehead atoms. The van der Waals surface area contributed by atoms with E-state index in [1.807, 2.05) is 26.8 Å². The Bertz CT molecular complexity index is 577. The topological polar surface area (TPSA) is 66.8 Å². The van der Waals surface area contributed by atoms with Crippen molar-refractivity contribution in [1.29, 1.82) is 0 Å². The van der Waals surface area contributed by atoms with E-state index in [0.29, 0.717) is 13.1 Å². The van der Waals surface area contributed by atoms with Crippen molar-refractivity contribution in [3.8, 4) is 0 Å². The van der Waals surface area contributed by atoms with E-state index in [4.69, 9.17) is 9.84 Å². The van der Waals surface area contributed by atoms with Gasteiger partial charge in [-0.2, -0.15) is 0 Å². The number of hydrogen-bond donors (Lipinski definition) is 1. The number of rotatable bonds is 2. The number of benzene rings is 1. The first-order chi connectivity index (χ1) is 10.8. The van der Waals surface area contributed by atoms with Crippen LogP contribution in [0.4, 0.5) is 4.79 Å². The Kier molecular flexibility index (Phi) is 5.29. The number of carboxylic acid groups (broad SMARTS) is 1. The fraction of sp³-hybridized carbons (Fsp3) is 0.556. The van der Waals surface area contributed by atoms with Crippen LogP contribution in [-0.2, 0) is 4.74 Å². The molecule has 1 atom stereocenters. The Hall–Kier alpha value is -2.04. The van der Waals surface area contributed by atoms with Gasteiger partial charge >= 0.3 is 12.1 Å². The van der Waals surface area contributed by atoms with Crippen LogP contribution in [0.15, 0.2) is 24.3 Å². The molecule has 0 saturated carbocycles. The van der Waals surface area contributed by atoms with Crippen molar-refractivity contribution >= 4 is 12.1 Å². The third kappa shape index (κ3) is 4.98. The third-order valence-electron chi connectivity index (χ3n) is 3.93. The lowest BCUT2D eigenvalue weighted by molar-refractivity contribution is 0.0248. The van der Waals surface area contributed by atoms with Crippen molar-refractivity contribution in [3.63, 3.8) is 0 Å². The maximum atomic E-state index is 12.3. The Morgan fingerprint density at radius 3 is 2.65 bits per heavy atom. The van der Waals surface area contributed by atoms with Crippen molar-refractivity contribution in [3.05, 3.63) is 35.4 Å². The molecule has 5 heteroatoms. The van der Waals surface area contributed by atoms with Crippen molar-refractivity contribution < 1.29 is 19.4 Å². The quantitative estimate of drug-likeness (QED) is 0.898. The van der Waals surface area contributed by atoms with Crippen LogP contribution in [0.25, 0.3) is 0 Å². The number of hydrogen-bond acceptors (Lipinski definition) is 3. The van der Waals surface area contributed by atoms with Crippen molar-refractivity contribution in [1.82, 2.24) is 4.90 Å². The lowest BCUT2D eigenvalue weighted by Crippen LogP contribution is -2.38. The van der Waals surface area contributed by atoms with Gasteiger partial charge < -0.3 is 14.7 Å². The van der Waals surface area contributed by atoms with Gasteiger partial charge in [-0.3, -0.25) is 0 Å². The molecule has 23 heavy (non-hydrogen) atoms. The van der Waals surface area contributed by atoms with Crippen molar-refractivity contribution in [2.45, 2.75) is 51.6 Å². The summed E-state index contributed by atoms with van der Waals surface area (Å²) in [6, 6.07) is 7.01. The van der Waals surface area contributed by atoms with Crippen molar-refractivity contribution in [2.75, 3.05) is 13.1 Å². The van der Waals surface area contributed by atoms with Gasteiger partial charge in [-0.25, -0.2) is 9.59 Å². The highest BCUT2D eigenvalue weighted by molar-refractivity contribution is 5.87. The summed E-state index contributed by atoms with van der Waals surface area (Å²) in [6.45, 7) is 6.83. The molecule has 1 heterocycles. The van der Waals surface area contributed by atoms with Crippen LogP contribution in [0.5, 0.6) is 0 Å². The molecule has 0 radical (unpaired) electrons. The number of aromatic carboxylic acids is 1. The molecule has 126 valence electrons. The van der Waals surface area contributed by atoms with E-state index in [-0.39, 0.29) is 17.6 Å². The second kappa shape index (κ2) is 7.02. The third-order valence-corrected chi connectivity index (χ3v) is 3.93. The number of likely N-dealkylation sites (tertiary alicyclic amines) is 1. The van der Waals surface area contributed by atoms with Crippen LogP contribution >= 0.6 is 0 Å². The molecule has 1 aromatic carbocycles. The first-order valence-electron chi connectivity index (χ1n) is 8.07. The molecule has 1 aliphatic heterocycles. The molecular formula is C18H25NO4. The highest BCUT2D eigenvalue weighted by Gasteiger charge is 2.27. The summed E-state index contributed by atoms with van der Waals surface area (Å²) in [5.41, 5.74) is 0.748. The SMILES string of the molecule is CC(C)(C)OC(=O)N1CCCC[C@@H](c2cccc(C(=O)O)c2)C1. The lowest BCUT2D eigenvalue weighted by Gasteiger charge is -2.28. The smallest absolute Gasteiger partial charge is 0.410 e. The standard InChI is InChI=1S/C18H25NO4/c1-18(2,3)23-17(22)19-10-5-4-7-15(12-19)13-8-6-9-14(11-13)16(20)21/h6,8-9,11,15H,4-5,7,10,12H2,1-3H3,(H,20,21)/t15-/m1/s1. The summed E-state index contributed by atoms with van der Waals surface area (Å²) >= 11 is 0. The van der Waals surface area contributed by atoms with Gasteiger partial charge in [0.05, 0.1) is 5.56 Å². The highest BCUT2D eigenvalue weighted by atomic mass is 16.6. The first-order valence-corrected chi connectivity index (χ1v) is 8.07. The number of carbonyl (C=O) groups is 2. The van der Waals surface area contributed by atoms with Gasteiger partial charge in [0.15, 0.2) is 0 Å². The summed E-state index contributed by atoms with van der Waals surface area (Å²) in [4.78, 5) is 25.2. The normalized spacial score (nSPS) is 19.1. The average molecular weight is 319 g/mol. The average Bonchev–Trinajstić information content (AvgIpc) is 2.71. The van der Waals surface area contributed by atoms with E-state index in [2.05, 4.69) is 0 Å². The molecular weight excluding hydrogens is 294 g/mol. The fourth-order valence-corrected chi connectivity index (χ4v) is 2.83. The minimum absolute atomic E-state index is 0.143. The second-order valence-electron chi connectivity index (χ2n) is 7.05. The molecule has 1 fully saturated rings. The molecule has 0 aromatic heterocycles. The highest BCUT2D eigenvalue weighted by Crippen LogP contribution is 2.28. The van der Waals surface area contributed by atoms with Gasteiger partial charge in [0, 0.05) is 19.0 Å². The monoisotopic (exact) mass is 319 g/mol. The molecule has 0 unspecified atom stereocenters. The van der Waals surface area contributed by atoms with E-state index < -0.39 is 11.6 Å². The van der Waals surface area contributed by atoms with Gasteiger partial charge in [-0.15, -0.1) is 0 Å². The molecule has 1 aliphatic rings. The van der Waals surface area contributed by atoms with Gasteiger partial charge in [-0.1, -0.05) is 18.6 Å². The zero-order chi connectivity index (χ0) is 17.0. The fourth-order valence-electron chi connectivity index (χ4n) is 2.83. The predicted molar refractivity (Wildman–Crippen MR) is 87.8 cm³/mol. The summed E-state index contributed by atoms with van der Waals surface area (Å²) in [5.74, 6) is -0.784. The molecule has 0 aliphatic carbocycles. The number of carbonyl (C=O) groups excluding carboxylic acids is 1. The van der Waals surface area contributed by atoms with E-state index in [1.54, 1.807) is 23.1 Å². The Morgan fingerprint density at radius 1 is 1.26 bits per heavy atom. The van der Waals surface area contributed by atoms with Gasteiger partial charge in [0.25, 0.3) is 0 Å². The number of ether oxygens (including phenoxy) is 1. The minimum Gasteiger partial charge on any atom is -0.478 e. The van der Waals surface area contributed by atoms with E-state index in [9.17, 15) is 9.59 Å². The Labute approximate surface area is 137 Å². The van der Waals surface area contributed by atoms with Crippen LogP contribution in [0.2, 0.25) is 0 Å².